The van der Waals surface area contributed by atoms with Crippen molar-refractivity contribution in [2.24, 2.45) is 0 Å². The van der Waals surface area contributed by atoms with Gasteiger partial charge in [0.25, 0.3) is 0 Å². The molecule has 4 aromatic rings. The lowest BCUT2D eigenvalue weighted by molar-refractivity contribution is -0.604. The fourth-order valence-electron chi connectivity index (χ4n) is 2.98. The average Bonchev–Trinajstić information content (AvgIpc) is 3.17. The van der Waals surface area contributed by atoms with Crippen molar-refractivity contribution >= 4 is 5.65 Å². The van der Waals surface area contributed by atoms with Gasteiger partial charge in [-0.05, 0) is 30.3 Å². The molecule has 0 fully saturated rings. The Morgan fingerprint density at radius 3 is 2.80 bits per heavy atom. The predicted octanol–water partition coefficient (Wildman–Crippen LogP) is 3.86. The average molecular weight is 410 g/mol. The zero-order chi connectivity index (χ0) is 21.1. The molecule has 0 aliphatic carbocycles. The minimum Gasteiger partial charge on any atom is -0.619 e. The Labute approximate surface area is 170 Å². The molecule has 0 atom stereocenters. The Bertz CT molecular complexity index is 1210. The second-order valence-electron chi connectivity index (χ2n) is 6.22. The third kappa shape index (κ3) is 3.90. The second-order valence-corrected chi connectivity index (χ2v) is 6.22. The van der Waals surface area contributed by atoms with E-state index in [1.807, 2.05) is 0 Å². The summed E-state index contributed by atoms with van der Waals surface area (Å²) in [6.07, 6.45) is 5.92. The summed E-state index contributed by atoms with van der Waals surface area (Å²) in [6, 6.07) is 11.5. The standard InChI is InChI=1S/C21H16F2N4O3/c1-2-10-29-19-11-14(5-6-18(19)30-21(22)23)17-7-8-24-20-12-16(25-27(17)20)15-4-3-9-26(28)13-15/h2-9,11-13,21H,1,10H2. The molecule has 0 saturated carbocycles. The van der Waals surface area contributed by atoms with Crippen LogP contribution in [0.1, 0.15) is 0 Å². The summed E-state index contributed by atoms with van der Waals surface area (Å²) in [7, 11) is 0. The van der Waals surface area contributed by atoms with Crippen molar-refractivity contribution in [1.29, 1.82) is 0 Å². The monoisotopic (exact) mass is 410 g/mol. The molecule has 0 spiro atoms. The smallest absolute Gasteiger partial charge is 0.387 e. The van der Waals surface area contributed by atoms with Crippen LogP contribution in [0.5, 0.6) is 11.5 Å². The van der Waals surface area contributed by atoms with Crippen LogP contribution in [0.4, 0.5) is 8.78 Å². The lowest BCUT2D eigenvalue weighted by Gasteiger charge is -2.13. The molecule has 0 aliphatic heterocycles. The van der Waals surface area contributed by atoms with Crippen molar-refractivity contribution in [3.05, 3.63) is 78.9 Å². The van der Waals surface area contributed by atoms with Crippen molar-refractivity contribution in [2.45, 2.75) is 6.61 Å². The second kappa shape index (κ2) is 8.16. The van der Waals surface area contributed by atoms with Crippen LogP contribution in [0.3, 0.4) is 0 Å². The number of ether oxygens (including phenoxy) is 2. The van der Waals surface area contributed by atoms with Gasteiger partial charge in [0.15, 0.2) is 29.5 Å². The summed E-state index contributed by atoms with van der Waals surface area (Å²) in [6.45, 7) is 0.720. The maximum atomic E-state index is 12.7. The SMILES string of the molecule is C=CCOc1cc(-c2ccnc3cc(-c4ccc[n+]([O-])c4)nn23)ccc1OC(F)F. The maximum Gasteiger partial charge on any atom is 0.387 e. The summed E-state index contributed by atoms with van der Waals surface area (Å²) in [5.74, 6) is 0.0758. The summed E-state index contributed by atoms with van der Waals surface area (Å²) < 4.78 is 37.7. The molecule has 4 rings (SSSR count). The normalized spacial score (nSPS) is 11.0. The van der Waals surface area contributed by atoms with Crippen LogP contribution in [0, 0.1) is 5.21 Å². The van der Waals surface area contributed by atoms with E-state index in [9.17, 15) is 14.0 Å². The van der Waals surface area contributed by atoms with Crippen LogP contribution in [-0.4, -0.2) is 27.8 Å². The fraction of sp³-hybridized carbons (Fsp3) is 0.0952. The van der Waals surface area contributed by atoms with Gasteiger partial charge in [0, 0.05) is 23.9 Å². The summed E-state index contributed by atoms with van der Waals surface area (Å²) in [5.41, 5.74) is 3.08. The van der Waals surface area contributed by atoms with Gasteiger partial charge in [0.1, 0.15) is 12.3 Å². The molecular weight excluding hydrogens is 394 g/mol. The summed E-state index contributed by atoms with van der Waals surface area (Å²) in [4.78, 5) is 4.31. The van der Waals surface area contributed by atoms with E-state index in [0.717, 1.165) is 0 Å². The summed E-state index contributed by atoms with van der Waals surface area (Å²) >= 11 is 0. The van der Waals surface area contributed by atoms with Gasteiger partial charge in [-0.1, -0.05) is 12.7 Å². The van der Waals surface area contributed by atoms with Crippen LogP contribution in [-0.2, 0) is 0 Å². The molecule has 0 N–H and O–H groups in total. The molecule has 0 saturated heterocycles. The van der Waals surface area contributed by atoms with Gasteiger partial charge in [-0.2, -0.15) is 18.6 Å². The molecule has 30 heavy (non-hydrogen) atoms. The highest BCUT2D eigenvalue weighted by Gasteiger charge is 2.15. The van der Waals surface area contributed by atoms with E-state index in [0.29, 0.717) is 32.9 Å². The van der Waals surface area contributed by atoms with Gasteiger partial charge in [-0.3, -0.25) is 0 Å². The number of rotatable bonds is 7. The molecule has 152 valence electrons. The Kier molecular flexibility index (Phi) is 5.25. The number of pyridine rings is 1. The Hall–Kier alpha value is -4.01. The molecule has 7 nitrogen and oxygen atoms in total. The highest BCUT2D eigenvalue weighted by molar-refractivity contribution is 5.69. The first-order valence-corrected chi connectivity index (χ1v) is 8.92. The van der Waals surface area contributed by atoms with Crippen LogP contribution in [0.2, 0.25) is 0 Å². The molecule has 0 aliphatic rings. The van der Waals surface area contributed by atoms with Crippen LogP contribution < -0.4 is 14.2 Å². The van der Waals surface area contributed by atoms with E-state index < -0.39 is 6.61 Å². The van der Waals surface area contributed by atoms with E-state index in [2.05, 4.69) is 21.4 Å². The van der Waals surface area contributed by atoms with Crippen molar-refractivity contribution < 1.29 is 23.0 Å². The van der Waals surface area contributed by atoms with Gasteiger partial charge < -0.3 is 14.7 Å². The van der Waals surface area contributed by atoms with Crippen molar-refractivity contribution in [1.82, 2.24) is 14.6 Å². The molecule has 9 heteroatoms. The number of nitrogens with zero attached hydrogens (tertiary/aromatic N) is 4. The van der Waals surface area contributed by atoms with E-state index in [4.69, 9.17) is 4.74 Å². The quantitative estimate of drug-likeness (QED) is 0.263. The minimum absolute atomic E-state index is 0.0775. The number of benzene rings is 1. The van der Waals surface area contributed by atoms with Crippen LogP contribution in [0.15, 0.2) is 73.7 Å². The predicted molar refractivity (Wildman–Crippen MR) is 105 cm³/mol. The Balaban J connectivity index is 1.79. The zero-order valence-electron chi connectivity index (χ0n) is 15.6. The molecular formula is C21H16F2N4O3. The third-order valence-corrected chi connectivity index (χ3v) is 4.24. The largest absolute Gasteiger partial charge is 0.619 e. The van der Waals surface area contributed by atoms with Crippen molar-refractivity contribution in [2.75, 3.05) is 6.61 Å². The lowest BCUT2D eigenvalue weighted by Crippen LogP contribution is -2.23. The number of alkyl halides is 2. The molecule has 3 aromatic heterocycles. The highest BCUT2D eigenvalue weighted by atomic mass is 19.3. The molecule has 0 unspecified atom stereocenters. The minimum atomic E-state index is -2.97. The first-order valence-electron chi connectivity index (χ1n) is 8.92. The Morgan fingerprint density at radius 1 is 1.17 bits per heavy atom. The van der Waals surface area contributed by atoms with Gasteiger partial charge in [0.05, 0.1) is 11.3 Å². The maximum absolute atomic E-state index is 12.7. The van der Waals surface area contributed by atoms with Gasteiger partial charge in [-0.25, -0.2) is 9.50 Å². The molecule has 1 aromatic carbocycles. The first-order chi connectivity index (χ1) is 14.5. The van der Waals surface area contributed by atoms with Crippen LogP contribution in [0.25, 0.3) is 28.2 Å². The Morgan fingerprint density at radius 2 is 2.03 bits per heavy atom. The van der Waals surface area contributed by atoms with E-state index in [1.54, 1.807) is 47.1 Å². The third-order valence-electron chi connectivity index (χ3n) is 4.24. The number of halogens is 2. The lowest BCUT2D eigenvalue weighted by atomic mass is 10.1. The number of fused-ring (bicyclic) bond motifs is 1. The molecule has 0 bridgehead atoms. The van der Waals surface area contributed by atoms with Gasteiger partial charge in [0.2, 0.25) is 0 Å². The molecule has 3 heterocycles. The number of hydrogen-bond donors (Lipinski definition) is 0. The van der Waals surface area contributed by atoms with Crippen LogP contribution >= 0.6 is 0 Å². The molecule has 0 amide bonds. The van der Waals surface area contributed by atoms with E-state index in [1.165, 1.54) is 24.5 Å². The number of hydrogen-bond acceptors (Lipinski definition) is 5. The van der Waals surface area contributed by atoms with Crippen molar-refractivity contribution in [3.8, 4) is 34.0 Å². The topological polar surface area (TPSA) is 75.6 Å². The highest BCUT2D eigenvalue weighted by Crippen LogP contribution is 2.34. The van der Waals surface area contributed by atoms with Gasteiger partial charge in [-0.15, -0.1) is 0 Å². The van der Waals surface area contributed by atoms with Gasteiger partial charge >= 0.3 is 6.61 Å². The molecule has 0 radical (unpaired) electrons. The van der Waals surface area contributed by atoms with E-state index in [-0.39, 0.29) is 18.1 Å². The van der Waals surface area contributed by atoms with Crippen molar-refractivity contribution in [3.63, 3.8) is 0 Å². The van der Waals surface area contributed by atoms with E-state index >= 15 is 0 Å². The summed E-state index contributed by atoms with van der Waals surface area (Å²) in [5, 5.41) is 16.1. The number of aromatic nitrogens is 4. The first kappa shape index (κ1) is 19.3. The fourth-order valence-corrected chi connectivity index (χ4v) is 2.98. The zero-order valence-corrected chi connectivity index (χ0v) is 15.6.